The predicted octanol–water partition coefficient (Wildman–Crippen LogP) is 1.17. The average molecular weight is 207 g/mol. The molecular weight excluding hydrogens is 186 g/mol. The molecule has 1 heterocycles. The second-order valence-electron chi connectivity index (χ2n) is 3.87. The highest BCUT2D eigenvalue weighted by Crippen LogP contribution is 1.99. The van der Waals surface area contributed by atoms with Gasteiger partial charge in [-0.15, -0.1) is 0 Å². The average Bonchev–Trinajstić information content (AvgIpc) is 2.28. The summed E-state index contributed by atoms with van der Waals surface area (Å²) >= 11 is 0. The number of likely N-dealkylation sites (N-methyl/N-ethyl adjacent to an activating group) is 1. The van der Waals surface area contributed by atoms with Crippen molar-refractivity contribution >= 4 is 0 Å². The molecule has 1 N–H and O–H groups in total. The maximum Gasteiger partial charge on any atom is 0.0270 e. The topological polar surface area (TPSA) is 28.2 Å². The molecule has 0 aliphatic rings. The zero-order valence-corrected chi connectivity index (χ0v) is 9.74. The van der Waals surface area contributed by atoms with Gasteiger partial charge in [-0.2, -0.15) is 0 Å². The number of hydrogen-bond donors (Lipinski definition) is 1. The number of rotatable bonds is 7. The first-order chi connectivity index (χ1) is 7.33. The molecule has 3 nitrogen and oxygen atoms in total. The molecule has 0 unspecified atom stereocenters. The molecule has 0 saturated heterocycles. The van der Waals surface area contributed by atoms with Crippen molar-refractivity contribution in [2.75, 3.05) is 33.7 Å². The number of hydrogen-bond acceptors (Lipinski definition) is 3. The molecule has 1 aromatic heterocycles. The molecule has 84 valence electrons. The quantitative estimate of drug-likeness (QED) is 0.680. The van der Waals surface area contributed by atoms with Gasteiger partial charge in [0.25, 0.3) is 0 Å². The summed E-state index contributed by atoms with van der Waals surface area (Å²) in [4.78, 5) is 6.38. The lowest BCUT2D eigenvalue weighted by Crippen LogP contribution is -2.24. The summed E-state index contributed by atoms with van der Waals surface area (Å²) < 4.78 is 0. The van der Waals surface area contributed by atoms with Gasteiger partial charge in [-0.25, -0.2) is 0 Å². The standard InChI is InChI=1S/C12H21N3/c1-13-7-3-10-15(2)11-6-12-4-8-14-9-5-12/h4-5,8-9,13H,3,6-7,10-11H2,1-2H3. The van der Waals surface area contributed by atoms with Gasteiger partial charge < -0.3 is 10.2 Å². The van der Waals surface area contributed by atoms with E-state index in [0.29, 0.717) is 0 Å². The molecule has 0 aliphatic heterocycles. The van der Waals surface area contributed by atoms with Gasteiger partial charge in [-0.1, -0.05) is 0 Å². The molecule has 0 bridgehead atoms. The Hall–Kier alpha value is -0.930. The molecule has 1 aromatic rings. The summed E-state index contributed by atoms with van der Waals surface area (Å²) in [6.07, 6.45) is 6.04. The van der Waals surface area contributed by atoms with E-state index in [0.717, 1.165) is 26.1 Å². The van der Waals surface area contributed by atoms with Crippen LogP contribution in [0.3, 0.4) is 0 Å². The van der Waals surface area contributed by atoms with Crippen LogP contribution in [-0.2, 0) is 6.42 Å². The van der Waals surface area contributed by atoms with Crippen molar-refractivity contribution < 1.29 is 0 Å². The second-order valence-corrected chi connectivity index (χ2v) is 3.87. The monoisotopic (exact) mass is 207 g/mol. The predicted molar refractivity (Wildman–Crippen MR) is 64.0 cm³/mol. The van der Waals surface area contributed by atoms with Crippen LogP contribution in [0.2, 0.25) is 0 Å². The molecule has 0 fully saturated rings. The largest absolute Gasteiger partial charge is 0.320 e. The number of nitrogens with zero attached hydrogens (tertiary/aromatic N) is 2. The smallest absolute Gasteiger partial charge is 0.0270 e. The van der Waals surface area contributed by atoms with E-state index in [9.17, 15) is 0 Å². The van der Waals surface area contributed by atoms with Crippen LogP contribution in [-0.4, -0.2) is 43.6 Å². The van der Waals surface area contributed by atoms with Crippen LogP contribution >= 0.6 is 0 Å². The minimum Gasteiger partial charge on any atom is -0.320 e. The molecule has 0 saturated carbocycles. The van der Waals surface area contributed by atoms with Crippen LogP contribution in [0, 0.1) is 0 Å². The summed E-state index contributed by atoms with van der Waals surface area (Å²) in [5.41, 5.74) is 1.37. The Bertz CT molecular complexity index is 248. The van der Waals surface area contributed by atoms with Gasteiger partial charge in [-0.3, -0.25) is 4.98 Å². The van der Waals surface area contributed by atoms with Crippen molar-refractivity contribution in [3.63, 3.8) is 0 Å². The van der Waals surface area contributed by atoms with Gasteiger partial charge in [0, 0.05) is 18.9 Å². The fourth-order valence-corrected chi connectivity index (χ4v) is 1.51. The van der Waals surface area contributed by atoms with E-state index in [-0.39, 0.29) is 0 Å². The Kier molecular flexibility index (Phi) is 5.97. The molecule has 0 spiro atoms. The van der Waals surface area contributed by atoms with Crippen LogP contribution in [0.5, 0.6) is 0 Å². The van der Waals surface area contributed by atoms with Crippen LogP contribution in [0.15, 0.2) is 24.5 Å². The third-order valence-electron chi connectivity index (χ3n) is 2.50. The van der Waals surface area contributed by atoms with Gasteiger partial charge in [0.1, 0.15) is 0 Å². The molecule has 3 heteroatoms. The van der Waals surface area contributed by atoms with Gasteiger partial charge in [0.05, 0.1) is 0 Å². The zero-order chi connectivity index (χ0) is 10.9. The van der Waals surface area contributed by atoms with E-state index in [4.69, 9.17) is 0 Å². The van der Waals surface area contributed by atoms with Crippen molar-refractivity contribution in [3.8, 4) is 0 Å². The van der Waals surface area contributed by atoms with Crippen LogP contribution < -0.4 is 5.32 Å². The maximum atomic E-state index is 4.01. The van der Waals surface area contributed by atoms with Crippen molar-refractivity contribution in [1.29, 1.82) is 0 Å². The SMILES string of the molecule is CNCCCN(C)CCc1ccncc1. The Morgan fingerprint density at radius 3 is 2.67 bits per heavy atom. The third kappa shape index (κ3) is 5.50. The van der Waals surface area contributed by atoms with Crippen LogP contribution in [0.1, 0.15) is 12.0 Å². The first-order valence-electron chi connectivity index (χ1n) is 5.55. The lowest BCUT2D eigenvalue weighted by Gasteiger charge is -2.16. The molecule has 0 atom stereocenters. The van der Waals surface area contributed by atoms with E-state index in [1.165, 1.54) is 12.0 Å². The minimum absolute atomic E-state index is 1.10. The number of aromatic nitrogens is 1. The Labute approximate surface area is 92.5 Å². The summed E-state index contributed by atoms with van der Waals surface area (Å²) in [7, 11) is 4.17. The van der Waals surface area contributed by atoms with Crippen molar-refractivity contribution in [1.82, 2.24) is 15.2 Å². The van der Waals surface area contributed by atoms with E-state index in [1.807, 2.05) is 19.4 Å². The molecule has 1 rings (SSSR count). The summed E-state index contributed by atoms with van der Waals surface area (Å²) in [6.45, 7) is 3.37. The van der Waals surface area contributed by atoms with E-state index >= 15 is 0 Å². The fourth-order valence-electron chi connectivity index (χ4n) is 1.51. The first kappa shape index (κ1) is 12.1. The minimum atomic E-state index is 1.10. The second kappa shape index (κ2) is 7.37. The van der Waals surface area contributed by atoms with Crippen molar-refractivity contribution in [2.45, 2.75) is 12.8 Å². The molecule has 0 radical (unpaired) electrons. The molecule has 0 aliphatic carbocycles. The zero-order valence-electron chi connectivity index (χ0n) is 9.74. The molecule has 0 amide bonds. The summed E-state index contributed by atoms with van der Waals surface area (Å²) in [5.74, 6) is 0. The van der Waals surface area contributed by atoms with Gasteiger partial charge in [0.2, 0.25) is 0 Å². The van der Waals surface area contributed by atoms with Crippen molar-refractivity contribution in [2.24, 2.45) is 0 Å². The Balaban J connectivity index is 2.14. The third-order valence-corrected chi connectivity index (χ3v) is 2.50. The van der Waals surface area contributed by atoms with Gasteiger partial charge >= 0.3 is 0 Å². The van der Waals surface area contributed by atoms with Crippen LogP contribution in [0.4, 0.5) is 0 Å². The lowest BCUT2D eigenvalue weighted by molar-refractivity contribution is 0.332. The molecular formula is C12H21N3. The summed E-state index contributed by atoms with van der Waals surface area (Å²) in [6, 6.07) is 4.17. The summed E-state index contributed by atoms with van der Waals surface area (Å²) in [5, 5.41) is 3.16. The van der Waals surface area contributed by atoms with Crippen molar-refractivity contribution in [3.05, 3.63) is 30.1 Å². The van der Waals surface area contributed by atoms with E-state index < -0.39 is 0 Å². The number of nitrogens with one attached hydrogen (secondary N) is 1. The van der Waals surface area contributed by atoms with Crippen LogP contribution in [0.25, 0.3) is 0 Å². The van der Waals surface area contributed by atoms with E-state index in [2.05, 4.69) is 34.4 Å². The van der Waals surface area contributed by atoms with Gasteiger partial charge in [0.15, 0.2) is 0 Å². The Morgan fingerprint density at radius 2 is 2.00 bits per heavy atom. The highest BCUT2D eigenvalue weighted by molar-refractivity contribution is 5.09. The van der Waals surface area contributed by atoms with Gasteiger partial charge in [-0.05, 0) is 57.7 Å². The molecule has 0 aromatic carbocycles. The maximum absolute atomic E-state index is 4.01. The normalized spacial score (nSPS) is 10.9. The Morgan fingerprint density at radius 1 is 1.27 bits per heavy atom. The highest BCUT2D eigenvalue weighted by Gasteiger charge is 1.98. The fraction of sp³-hybridized carbons (Fsp3) is 0.583. The van der Waals surface area contributed by atoms with E-state index in [1.54, 1.807) is 0 Å². The highest BCUT2D eigenvalue weighted by atomic mass is 15.1. The molecule has 15 heavy (non-hydrogen) atoms. The lowest BCUT2D eigenvalue weighted by atomic mass is 10.2. The first-order valence-corrected chi connectivity index (χ1v) is 5.55. The number of pyridine rings is 1.